The van der Waals surface area contributed by atoms with Gasteiger partial charge in [-0.25, -0.2) is 8.42 Å². The highest BCUT2D eigenvalue weighted by atomic mass is 35.5. The molecule has 0 aromatic rings. The van der Waals surface area contributed by atoms with Crippen LogP contribution in [-0.2, 0) is 14.8 Å². The van der Waals surface area contributed by atoms with E-state index in [-0.39, 0.29) is 17.5 Å². The SMILES string of the molecule is CN(C)C(=O)CN1CCN(S(=O)(=O)CCCl)CC1. The molecule has 0 aromatic heterocycles. The van der Waals surface area contributed by atoms with Crippen LogP contribution in [0.4, 0.5) is 0 Å². The molecule has 18 heavy (non-hydrogen) atoms. The number of likely N-dealkylation sites (N-methyl/N-ethyl adjacent to an activating group) is 1. The van der Waals surface area contributed by atoms with Crippen molar-refractivity contribution in [2.45, 2.75) is 0 Å². The van der Waals surface area contributed by atoms with E-state index in [0.717, 1.165) is 0 Å². The van der Waals surface area contributed by atoms with Crippen molar-refractivity contribution in [2.75, 3.05) is 58.5 Å². The second-order valence-corrected chi connectivity index (χ2v) is 6.93. The van der Waals surface area contributed by atoms with Gasteiger partial charge in [0.1, 0.15) is 0 Å². The van der Waals surface area contributed by atoms with E-state index in [1.165, 1.54) is 9.21 Å². The fraction of sp³-hybridized carbons (Fsp3) is 0.900. The van der Waals surface area contributed by atoms with Gasteiger partial charge in [0.15, 0.2) is 0 Å². The Bertz CT molecular complexity index is 378. The van der Waals surface area contributed by atoms with Gasteiger partial charge in [-0.05, 0) is 0 Å². The molecule has 0 bridgehead atoms. The van der Waals surface area contributed by atoms with E-state index in [1.807, 2.05) is 4.90 Å². The first-order chi connectivity index (χ1) is 8.36. The number of hydrogen-bond donors (Lipinski definition) is 0. The minimum Gasteiger partial charge on any atom is -0.348 e. The van der Waals surface area contributed by atoms with Crippen LogP contribution in [-0.4, -0.2) is 86.9 Å². The normalized spacial score (nSPS) is 18.8. The standard InChI is InChI=1S/C10H20ClN3O3S/c1-12(2)10(15)9-13-4-6-14(7-5-13)18(16,17)8-3-11/h3-9H2,1-2H3. The summed E-state index contributed by atoms with van der Waals surface area (Å²) in [5.74, 6) is 0.124. The minimum absolute atomic E-state index is 0.0226. The summed E-state index contributed by atoms with van der Waals surface area (Å²) in [5, 5.41) is 0. The molecule has 0 radical (unpaired) electrons. The Labute approximate surface area is 114 Å². The van der Waals surface area contributed by atoms with Gasteiger partial charge in [0.2, 0.25) is 15.9 Å². The first-order valence-electron chi connectivity index (χ1n) is 5.83. The highest BCUT2D eigenvalue weighted by molar-refractivity contribution is 7.89. The lowest BCUT2D eigenvalue weighted by Gasteiger charge is -2.33. The van der Waals surface area contributed by atoms with Crippen LogP contribution in [0.2, 0.25) is 0 Å². The van der Waals surface area contributed by atoms with Crippen LogP contribution in [0.5, 0.6) is 0 Å². The fourth-order valence-electron chi connectivity index (χ4n) is 1.73. The van der Waals surface area contributed by atoms with Gasteiger partial charge in [0.25, 0.3) is 0 Å². The van der Waals surface area contributed by atoms with E-state index in [1.54, 1.807) is 14.1 Å². The Hall–Kier alpha value is -0.370. The number of sulfonamides is 1. The highest BCUT2D eigenvalue weighted by Gasteiger charge is 2.27. The molecule has 0 atom stereocenters. The highest BCUT2D eigenvalue weighted by Crippen LogP contribution is 2.08. The zero-order valence-corrected chi connectivity index (χ0v) is 12.4. The molecule has 1 saturated heterocycles. The van der Waals surface area contributed by atoms with Gasteiger partial charge in [-0.15, -0.1) is 11.6 Å². The summed E-state index contributed by atoms with van der Waals surface area (Å²) in [6, 6.07) is 0. The zero-order valence-electron chi connectivity index (χ0n) is 10.8. The average molecular weight is 298 g/mol. The summed E-state index contributed by atoms with van der Waals surface area (Å²) in [4.78, 5) is 15.0. The third kappa shape index (κ3) is 4.38. The largest absolute Gasteiger partial charge is 0.348 e. The quantitative estimate of drug-likeness (QED) is 0.627. The van der Waals surface area contributed by atoms with E-state index in [9.17, 15) is 13.2 Å². The molecule has 0 spiro atoms. The molecule has 0 unspecified atom stereocenters. The number of rotatable bonds is 5. The summed E-state index contributed by atoms with van der Waals surface area (Å²) in [6.07, 6.45) is 0. The third-order valence-corrected chi connectivity index (χ3v) is 5.20. The molecule has 106 valence electrons. The number of amides is 1. The summed E-state index contributed by atoms with van der Waals surface area (Å²) in [7, 11) is 0.201. The van der Waals surface area contributed by atoms with Crippen molar-refractivity contribution in [1.29, 1.82) is 0 Å². The first-order valence-corrected chi connectivity index (χ1v) is 7.97. The minimum atomic E-state index is -3.22. The van der Waals surface area contributed by atoms with Gasteiger partial charge in [-0.3, -0.25) is 9.69 Å². The van der Waals surface area contributed by atoms with Gasteiger partial charge < -0.3 is 4.90 Å². The van der Waals surface area contributed by atoms with E-state index in [0.29, 0.717) is 32.7 Å². The molecule has 8 heteroatoms. The maximum absolute atomic E-state index is 11.8. The van der Waals surface area contributed by atoms with Crippen LogP contribution in [0.15, 0.2) is 0 Å². The summed E-state index contributed by atoms with van der Waals surface area (Å²) >= 11 is 5.47. The molecule has 1 rings (SSSR count). The number of hydrogen-bond acceptors (Lipinski definition) is 4. The molecule has 1 fully saturated rings. The maximum atomic E-state index is 11.8. The van der Waals surface area contributed by atoms with Crippen LogP contribution in [0.1, 0.15) is 0 Å². The van der Waals surface area contributed by atoms with Gasteiger partial charge in [0, 0.05) is 46.2 Å². The molecular formula is C10H20ClN3O3S. The lowest BCUT2D eigenvalue weighted by molar-refractivity contribution is -0.130. The molecule has 0 N–H and O–H groups in total. The molecular weight excluding hydrogens is 278 g/mol. The number of carbonyl (C=O) groups is 1. The van der Waals surface area contributed by atoms with Gasteiger partial charge in [-0.2, -0.15) is 4.31 Å². The van der Waals surface area contributed by atoms with Gasteiger partial charge in [0.05, 0.1) is 12.3 Å². The molecule has 6 nitrogen and oxygen atoms in total. The number of piperazine rings is 1. The first kappa shape index (κ1) is 15.7. The fourth-order valence-corrected chi connectivity index (χ4v) is 3.48. The Balaban J connectivity index is 2.44. The topological polar surface area (TPSA) is 60.9 Å². The summed E-state index contributed by atoms with van der Waals surface area (Å²) in [5.41, 5.74) is 0. The van der Waals surface area contributed by atoms with Crippen LogP contribution in [0, 0.1) is 0 Å². The number of halogens is 1. The smallest absolute Gasteiger partial charge is 0.236 e. The second kappa shape index (κ2) is 6.70. The van der Waals surface area contributed by atoms with Crippen LogP contribution < -0.4 is 0 Å². The van der Waals surface area contributed by atoms with Crippen molar-refractivity contribution in [3.63, 3.8) is 0 Å². The van der Waals surface area contributed by atoms with Crippen molar-refractivity contribution >= 4 is 27.5 Å². The Morgan fingerprint density at radius 1 is 1.22 bits per heavy atom. The van der Waals surface area contributed by atoms with Crippen molar-refractivity contribution < 1.29 is 13.2 Å². The predicted molar refractivity (Wildman–Crippen MR) is 71.2 cm³/mol. The predicted octanol–water partition coefficient (Wildman–Crippen LogP) is -0.739. The average Bonchev–Trinajstić information content (AvgIpc) is 2.29. The molecule has 1 aliphatic heterocycles. The number of nitrogens with zero attached hydrogens (tertiary/aromatic N) is 3. The Morgan fingerprint density at radius 2 is 1.78 bits per heavy atom. The zero-order chi connectivity index (χ0) is 13.8. The Morgan fingerprint density at radius 3 is 2.22 bits per heavy atom. The lowest BCUT2D eigenvalue weighted by atomic mass is 10.3. The third-order valence-electron chi connectivity index (χ3n) is 2.92. The number of carbonyl (C=O) groups excluding carboxylic acids is 1. The van der Waals surface area contributed by atoms with Crippen molar-refractivity contribution in [3.05, 3.63) is 0 Å². The van der Waals surface area contributed by atoms with Crippen LogP contribution >= 0.6 is 11.6 Å². The molecule has 1 heterocycles. The molecule has 1 aliphatic rings. The monoisotopic (exact) mass is 297 g/mol. The number of alkyl halides is 1. The van der Waals surface area contributed by atoms with E-state index in [2.05, 4.69) is 0 Å². The molecule has 0 aromatic carbocycles. The molecule has 0 saturated carbocycles. The van der Waals surface area contributed by atoms with E-state index < -0.39 is 10.0 Å². The van der Waals surface area contributed by atoms with Crippen LogP contribution in [0.25, 0.3) is 0 Å². The molecule has 0 aliphatic carbocycles. The van der Waals surface area contributed by atoms with E-state index >= 15 is 0 Å². The van der Waals surface area contributed by atoms with Crippen molar-refractivity contribution in [1.82, 2.24) is 14.1 Å². The maximum Gasteiger partial charge on any atom is 0.236 e. The Kier molecular flexibility index (Phi) is 5.84. The van der Waals surface area contributed by atoms with E-state index in [4.69, 9.17) is 11.6 Å². The second-order valence-electron chi connectivity index (χ2n) is 4.47. The van der Waals surface area contributed by atoms with Gasteiger partial charge >= 0.3 is 0 Å². The van der Waals surface area contributed by atoms with Crippen molar-refractivity contribution in [2.24, 2.45) is 0 Å². The summed E-state index contributed by atoms with van der Waals surface area (Å²) < 4.78 is 25.0. The lowest BCUT2D eigenvalue weighted by Crippen LogP contribution is -2.51. The van der Waals surface area contributed by atoms with Crippen LogP contribution in [0.3, 0.4) is 0 Å². The molecule has 1 amide bonds. The van der Waals surface area contributed by atoms with Crippen molar-refractivity contribution in [3.8, 4) is 0 Å². The summed E-state index contributed by atoms with van der Waals surface area (Å²) in [6.45, 7) is 2.37. The van der Waals surface area contributed by atoms with Gasteiger partial charge in [-0.1, -0.05) is 0 Å².